The van der Waals surface area contributed by atoms with Crippen LogP contribution in [-0.2, 0) is 0 Å². The topological polar surface area (TPSA) is 94.6 Å². The maximum absolute atomic E-state index is 12.4. The third kappa shape index (κ3) is 4.07. The molecule has 3 aromatic carbocycles. The van der Waals surface area contributed by atoms with Gasteiger partial charge >= 0.3 is 5.97 Å². The number of rotatable bonds is 5. The number of hydrogen-bond acceptors (Lipinski definition) is 6. The molecule has 6 nitrogen and oxygen atoms in total. The average Bonchev–Trinajstić information content (AvgIpc) is 2.79. The van der Waals surface area contributed by atoms with Gasteiger partial charge in [0.05, 0.1) is 18.1 Å². The van der Waals surface area contributed by atoms with Gasteiger partial charge in [-0.2, -0.15) is 5.26 Å². The molecule has 0 fully saturated rings. The van der Waals surface area contributed by atoms with Crippen LogP contribution in [0.25, 0.3) is 0 Å². The Morgan fingerprint density at radius 1 is 1.06 bits per heavy atom. The summed E-state index contributed by atoms with van der Waals surface area (Å²) in [5.74, 6) is 0.668. The molecular formula is C25H20N2O4. The largest absolute Gasteiger partial charge is 0.494 e. The molecule has 0 amide bonds. The third-order valence-electron chi connectivity index (χ3n) is 4.94. The average molecular weight is 412 g/mol. The van der Waals surface area contributed by atoms with Crippen LogP contribution in [0.4, 0.5) is 0 Å². The fourth-order valence-electron chi connectivity index (χ4n) is 3.51. The van der Waals surface area contributed by atoms with Crippen LogP contribution in [0.5, 0.6) is 17.2 Å². The summed E-state index contributed by atoms with van der Waals surface area (Å²) >= 11 is 0. The first kappa shape index (κ1) is 20.0. The number of benzene rings is 3. The van der Waals surface area contributed by atoms with E-state index >= 15 is 0 Å². The molecule has 31 heavy (non-hydrogen) atoms. The van der Waals surface area contributed by atoms with E-state index in [0.717, 1.165) is 16.9 Å². The Hall–Kier alpha value is -4.24. The zero-order valence-electron chi connectivity index (χ0n) is 16.9. The predicted octanol–water partition coefficient (Wildman–Crippen LogP) is 4.52. The molecule has 0 aliphatic carbocycles. The number of esters is 1. The van der Waals surface area contributed by atoms with E-state index in [2.05, 4.69) is 6.07 Å². The van der Waals surface area contributed by atoms with Crippen molar-refractivity contribution in [3.05, 3.63) is 101 Å². The minimum absolute atomic E-state index is 0.0282. The Kier molecular flexibility index (Phi) is 5.59. The van der Waals surface area contributed by atoms with E-state index in [4.69, 9.17) is 19.9 Å². The van der Waals surface area contributed by atoms with Crippen molar-refractivity contribution in [2.45, 2.75) is 12.8 Å². The van der Waals surface area contributed by atoms with E-state index in [1.807, 2.05) is 37.3 Å². The van der Waals surface area contributed by atoms with Crippen molar-refractivity contribution < 1.29 is 19.0 Å². The zero-order chi connectivity index (χ0) is 21.8. The summed E-state index contributed by atoms with van der Waals surface area (Å²) in [4.78, 5) is 12.4. The summed E-state index contributed by atoms with van der Waals surface area (Å²) in [7, 11) is 0. The van der Waals surface area contributed by atoms with Gasteiger partial charge in [0.25, 0.3) is 0 Å². The second-order valence-electron chi connectivity index (χ2n) is 6.88. The monoisotopic (exact) mass is 412 g/mol. The highest BCUT2D eigenvalue weighted by molar-refractivity contribution is 5.91. The van der Waals surface area contributed by atoms with Crippen molar-refractivity contribution in [1.29, 1.82) is 5.26 Å². The second kappa shape index (κ2) is 8.64. The summed E-state index contributed by atoms with van der Waals surface area (Å²) in [6.07, 6.45) is 0. The van der Waals surface area contributed by atoms with Crippen molar-refractivity contribution in [3.63, 3.8) is 0 Å². The number of nitriles is 1. The lowest BCUT2D eigenvalue weighted by atomic mass is 9.83. The molecule has 154 valence electrons. The second-order valence-corrected chi connectivity index (χ2v) is 6.88. The van der Waals surface area contributed by atoms with Crippen molar-refractivity contribution in [1.82, 2.24) is 0 Å². The highest BCUT2D eigenvalue weighted by atomic mass is 16.5. The number of nitrogens with zero attached hydrogens (tertiary/aromatic N) is 1. The van der Waals surface area contributed by atoms with Gasteiger partial charge in [0.2, 0.25) is 5.88 Å². The van der Waals surface area contributed by atoms with Crippen molar-refractivity contribution in [2.75, 3.05) is 6.61 Å². The van der Waals surface area contributed by atoms with Crippen LogP contribution in [0.15, 0.2) is 84.3 Å². The van der Waals surface area contributed by atoms with Crippen LogP contribution in [0, 0.1) is 11.3 Å². The first-order valence-corrected chi connectivity index (χ1v) is 9.82. The first-order chi connectivity index (χ1) is 15.1. The van der Waals surface area contributed by atoms with Crippen molar-refractivity contribution in [2.24, 2.45) is 5.73 Å². The SMILES string of the molecule is CCOc1ccc(C2C(C#N)=C(N)Oc3cc(OC(=O)c4ccccc4)ccc32)cc1. The number of carbonyl (C=O) groups excluding carboxylic acids is 1. The number of allylic oxidation sites excluding steroid dienone is 1. The fourth-order valence-corrected chi connectivity index (χ4v) is 3.51. The molecule has 1 atom stereocenters. The lowest BCUT2D eigenvalue weighted by molar-refractivity contribution is 0.0734. The molecule has 1 unspecified atom stereocenters. The number of hydrogen-bond donors (Lipinski definition) is 1. The smallest absolute Gasteiger partial charge is 0.343 e. The minimum Gasteiger partial charge on any atom is -0.494 e. The molecule has 1 heterocycles. The van der Waals surface area contributed by atoms with E-state index in [9.17, 15) is 10.1 Å². The molecule has 0 radical (unpaired) electrons. The van der Waals surface area contributed by atoms with Crippen molar-refractivity contribution >= 4 is 5.97 Å². The van der Waals surface area contributed by atoms with E-state index in [1.165, 1.54) is 0 Å². The highest BCUT2D eigenvalue weighted by Crippen LogP contribution is 2.43. The molecule has 0 saturated carbocycles. The van der Waals surface area contributed by atoms with Crippen LogP contribution >= 0.6 is 0 Å². The predicted molar refractivity (Wildman–Crippen MR) is 115 cm³/mol. The summed E-state index contributed by atoms with van der Waals surface area (Å²) < 4.78 is 16.7. The van der Waals surface area contributed by atoms with Gasteiger partial charge in [-0.3, -0.25) is 0 Å². The Morgan fingerprint density at radius 3 is 2.45 bits per heavy atom. The molecule has 0 aromatic heterocycles. The lowest BCUT2D eigenvalue weighted by Crippen LogP contribution is -2.21. The van der Waals surface area contributed by atoms with E-state index < -0.39 is 11.9 Å². The van der Waals surface area contributed by atoms with Crippen LogP contribution in [0.2, 0.25) is 0 Å². The van der Waals surface area contributed by atoms with Gasteiger partial charge in [-0.15, -0.1) is 0 Å². The molecule has 4 rings (SSSR count). The number of fused-ring (bicyclic) bond motifs is 1. The van der Waals surface area contributed by atoms with Crippen LogP contribution in [-0.4, -0.2) is 12.6 Å². The van der Waals surface area contributed by atoms with Gasteiger partial charge in [0, 0.05) is 11.6 Å². The van der Waals surface area contributed by atoms with Gasteiger partial charge < -0.3 is 19.9 Å². The Morgan fingerprint density at radius 2 is 1.77 bits per heavy atom. The molecule has 6 heteroatoms. The van der Waals surface area contributed by atoms with Gasteiger partial charge in [-0.25, -0.2) is 4.79 Å². The van der Waals surface area contributed by atoms with E-state index in [1.54, 1.807) is 42.5 Å². The number of nitrogens with two attached hydrogens (primary N) is 1. The zero-order valence-corrected chi connectivity index (χ0v) is 16.9. The summed E-state index contributed by atoms with van der Waals surface area (Å²) in [6, 6.07) is 23.5. The lowest BCUT2D eigenvalue weighted by Gasteiger charge is -2.26. The Bertz CT molecular complexity index is 1180. The molecule has 0 bridgehead atoms. The number of ether oxygens (including phenoxy) is 3. The Balaban J connectivity index is 1.67. The molecule has 1 aliphatic rings. The van der Waals surface area contributed by atoms with Crippen LogP contribution < -0.4 is 19.9 Å². The number of carbonyl (C=O) groups is 1. The third-order valence-corrected chi connectivity index (χ3v) is 4.94. The first-order valence-electron chi connectivity index (χ1n) is 9.82. The molecule has 2 N–H and O–H groups in total. The molecule has 1 aliphatic heterocycles. The van der Waals surface area contributed by atoms with Crippen LogP contribution in [0.1, 0.15) is 34.3 Å². The normalized spacial score (nSPS) is 14.8. The highest BCUT2D eigenvalue weighted by Gasteiger charge is 2.31. The van der Waals surface area contributed by atoms with E-state index in [-0.39, 0.29) is 5.88 Å². The van der Waals surface area contributed by atoms with E-state index in [0.29, 0.717) is 29.2 Å². The van der Waals surface area contributed by atoms with Crippen molar-refractivity contribution in [3.8, 4) is 23.3 Å². The molecule has 0 spiro atoms. The van der Waals surface area contributed by atoms with Gasteiger partial charge in [0.15, 0.2) is 0 Å². The summed E-state index contributed by atoms with van der Waals surface area (Å²) in [5.41, 5.74) is 8.46. The standard InChI is InChI=1S/C25H20N2O4/c1-2-29-18-10-8-16(9-11-18)23-20-13-12-19(14-22(20)31-24(27)21(23)15-26)30-25(28)17-6-4-3-5-7-17/h3-14,23H,2,27H2,1H3. The maximum atomic E-state index is 12.4. The summed E-state index contributed by atoms with van der Waals surface area (Å²) in [6.45, 7) is 2.49. The van der Waals surface area contributed by atoms with Gasteiger partial charge in [-0.05, 0) is 42.8 Å². The molecule has 0 saturated heterocycles. The quantitative estimate of drug-likeness (QED) is 0.489. The molecular weight excluding hydrogens is 392 g/mol. The minimum atomic E-state index is -0.472. The summed E-state index contributed by atoms with van der Waals surface area (Å²) in [5, 5.41) is 9.70. The fraction of sp³-hybridized carbons (Fsp3) is 0.120. The Labute approximate surface area is 180 Å². The van der Waals surface area contributed by atoms with Crippen LogP contribution in [0.3, 0.4) is 0 Å². The van der Waals surface area contributed by atoms with Gasteiger partial charge in [0.1, 0.15) is 28.9 Å². The van der Waals surface area contributed by atoms with Gasteiger partial charge in [-0.1, -0.05) is 36.4 Å². The maximum Gasteiger partial charge on any atom is 0.343 e. The molecule has 3 aromatic rings.